The second-order valence-electron chi connectivity index (χ2n) is 7.52. The number of nitrogens with zero attached hydrogens (tertiary/aromatic N) is 1. The Hall–Kier alpha value is -0.130. The highest BCUT2D eigenvalue weighted by atomic mass is 35.5. The summed E-state index contributed by atoms with van der Waals surface area (Å²) in [5.74, 6) is 0. The number of piperidine rings is 1. The molecule has 0 bridgehead atoms. The van der Waals surface area contributed by atoms with Gasteiger partial charge in [-0.3, -0.25) is 0 Å². The third kappa shape index (κ3) is 2.27. The molecule has 0 amide bonds. The van der Waals surface area contributed by atoms with E-state index in [1.165, 1.54) is 23.3 Å². The van der Waals surface area contributed by atoms with Crippen LogP contribution in [0.3, 0.4) is 0 Å². The lowest BCUT2D eigenvalue weighted by Crippen LogP contribution is -2.60. The summed E-state index contributed by atoms with van der Waals surface area (Å²) in [5.41, 5.74) is 1.62. The van der Waals surface area contributed by atoms with Gasteiger partial charge >= 0.3 is 0 Å². The fraction of sp³-hybridized carbons (Fsp3) is 0.765. The van der Waals surface area contributed by atoms with Crippen LogP contribution in [0.5, 0.6) is 0 Å². The van der Waals surface area contributed by atoms with E-state index in [2.05, 4.69) is 37.3 Å². The van der Waals surface area contributed by atoms with E-state index in [1.807, 2.05) is 0 Å². The third-order valence-corrected chi connectivity index (χ3v) is 7.39. The Kier molecular flexibility index (Phi) is 3.63. The van der Waals surface area contributed by atoms with Crippen LogP contribution in [-0.4, -0.2) is 43.2 Å². The number of hydrogen-bond acceptors (Lipinski definition) is 4. The van der Waals surface area contributed by atoms with Crippen LogP contribution in [0.1, 0.15) is 43.0 Å². The van der Waals surface area contributed by atoms with Crippen LogP contribution in [0.15, 0.2) is 6.07 Å². The first-order valence-electron chi connectivity index (χ1n) is 8.31. The summed E-state index contributed by atoms with van der Waals surface area (Å²) < 4.78 is 7.35. The number of thiophene rings is 1. The van der Waals surface area contributed by atoms with Crippen LogP contribution < -0.4 is 5.32 Å². The van der Waals surface area contributed by atoms with Crippen molar-refractivity contribution in [2.75, 3.05) is 20.7 Å². The lowest BCUT2D eigenvalue weighted by Gasteiger charge is -2.49. The van der Waals surface area contributed by atoms with Gasteiger partial charge in [0.2, 0.25) is 0 Å². The van der Waals surface area contributed by atoms with Crippen LogP contribution in [0, 0.1) is 0 Å². The van der Waals surface area contributed by atoms with Gasteiger partial charge in [0.25, 0.3) is 0 Å². The molecule has 5 heteroatoms. The Morgan fingerprint density at radius 3 is 2.82 bits per heavy atom. The Morgan fingerprint density at radius 2 is 2.14 bits per heavy atom. The highest BCUT2D eigenvalue weighted by Gasteiger charge is 2.57. The molecule has 122 valence electrons. The number of fused-ring (bicyclic) bond motifs is 2. The fourth-order valence-electron chi connectivity index (χ4n) is 4.64. The quantitative estimate of drug-likeness (QED) is 0.893. The van der Waals surface area contributed by atoms with Crippen molar-refractivity contribution in [3.63, 3.8) is 0 Å². The summed E-state index contributed by atoms with van der Waals surface area (Å²) in [4.78, 5) is 3.82. The van der Waals surface area contributed by atoms with E-state index in [0.717, 1.165) is 30.2 Å². The molecule has 1 saturated carbocycles. The van der Waals surface area contributed by atoms with Crippen LogP contribution in [0.2, 0.25) is 4.34 Å². The molecule has 1 aromatic rings. The summed E-state index contributed by atoms with van der Waals surface area (Å²) in [7, 11) is 4.44. The van der Waals surface area contributed by atoms with Gasteiger partial charge in [0.1, 0.15) is 5.60 Å². The van der Waals surface area contributed by atoms with Gasteiger partial charge in [0, 0.05) is 22.5 Å². The molecule has 3 heterocycles. The molecule has 3 aliphatic rings. The van der Waals surface area contributed by atoms with Gasteiger partial charge < -0.3 is 15.0 Å². The summed E-state index contributed by atoms with van der Waals surface area (Å²) in [5, 5.41) is 3.86. The Labute approximate surface area is 142 Å². The molecular formula is C17H25ClN2OS. The van der Waals surface area contributed by atoms with Gasteiger partial charge in [-0.2, -0.15) is 0 Å². The Bertz CT molecular complexity index is 583. The summed E-state index contributed by atoms with van der Waals surface area (Å²) >= 11 is 8.06. The summed E-state index contributed by atoms with van der Waals surface area (Å²) in [6.07, 6.45) is 5.71. The van der Waals surface area contributed by atoms with Crippen molar-refractivity contribution in [1.82, 2.24) is 10.2 Å². The van der Waals surface area contributed by atoms with Gasteiger partial charge in [-0.25, -0.2) is 0 Å². The van der Waals surface area contributed by atoms with Gasteiger partial charge in [0.05, 0.1) is 10.9 Å². The molecule has 1 aliphatic carbocycles. The molecule has 1 N–H and O–H groups in total. The van der Waals surface area contributed by atoms with Crippen molar-refractivity contribution in [1.29, 1.82) is 0 Å². The highest BCUT2D eigenvalue weighted by molar-refractivity contribution is 7.16. The second-order valence-corrected chi connectivity index (χ2v) is 9.21. The molecule has 3 atom stereocenters. The number of hydrogen-bond donors (Lipinski definition) is 1. The van der Waals surface area contributed by atoms with Crippen molar-refractivity contribution >= 4 is 22.9 Å². The standard InChI is InChI=1S/C17H25ClN2OS/c1-11-9-17(10-13(19-11)16(5-6-16)20(2)3)15-12(4-7-21-17)8-14(18)22-15/h8,11,13,19H,4-7,9-10H2,1-3H3. The zero-order chi connectivity index (χ0) is 15.5. The lowest BCUT2D eigenvalue weighted by molar-refractivity contribution is -0.103. The first kappa shape index (κ1) is 15.4. The van der Waals surface area contributed by atoms with Crippen molar-refractivity contribution < 1.29 is 4.74 Å². The molecule has 1 spiro atoms. The van der Waals surface area contributed by atoms with Gasteiger partial charge in [-0.15, -0.1) is 11.3 Å². The molecule has 1 saturated heterocycles. The maximum Gasteiger partial charge on any atom is 0.106 e. The van der Waals surface area contributed by atoms with Crippen molar-refractivity contribution in [2.45, 2.75) is 62.3 Å². The number of nitrogens with one attached hydrogen (secondary N) is 1. The fourth-order valence-corrected chi connectivity index (χ4v) is 6.10. The zero-order valence-corrected chi connectivity index (χ0v) is 15.2. The molecule has 4 rings (SSSR count). The van der Waals surface area contributed by atoms with Crippen molar-refractivity contribution in [3.8, 4) is 0 Å². The normalized spacial score (nSPS) is 36.6. The molecule has 22 heavy (non-hydrogen) atoms. The average molecular weight is 341 g/mol. The van der Waals surface area contributed by atoms with Gasteiger partial charge in [-0.05, 0) is 64.8 Å². The van der Waals surface area contributed by atoms with Gasteiger partial charge in [0.15, 0.2) is 0 Å². The molecule has 0 aromatic carbocycles. The second kappa shape index (κ2) is 5.18. The van der Waals surface area contributed by atoms with E-state index in [0.29, 0.717) is 17.6 Å². The molecule has 0 radical (unpaired) electrons. The topological polar surface area (TPSA) is 24.5 Å². The maximum absolute atomic E-state index is 6.44. The van der Waals surface area contributed by atoms with Crippen LogP contribution in [0.25, 0.3) is 0 Å². The SMILES string of the molecule is CC1CC2(CC(C3(N(C)C)CC3)N1)OCCc1cc(Cl)sc12. The van der Waals surface area contributed by atoms with E-state index >= 15 is 0 Å². The number of likely N-dealkylation sites (N-methyl/N-ethyl adjacent to an activating group) is 1. The summed E-state index contributed by atoms with van der Waals surface area (Å²) in [6, 6.07) is 3.13. The zero-order valence-electron chi connectivity index (χ0n) is 13.6. The Morgan fingerprint density at radius 1 is 1.36 bits per heavy atom. The van der Waals surface area contributed by atoms with E-state index in [-0.39, 0.29) is 5.60 Å². The molecule has 2 fully saturated rings. The Balaban J connectivity index is 1.70. The molecule has 3 nitrogen and oxygen atoms in total. The van der Waals surface area contributed by atoms with Crippen LogP contribution in [-0.2, 0) is 16.8 Å². The smallest absolute Gasteiger partial charge is 0.106 e. The molecule has 1 aromatic heterocycles. The molecule has 3 unspecified atom stereocenters. The van der Waals surface area contributed by atoms with E-state index < -0.39 is 0 Å². The average Bonchev–Trinajstić information content (AvgIpc) is 3.16. The maximum atomic E-state index is 6.44. The highest BCUT2D eigenvalue weighted by Crippen LogP contribution is 2.53. The molecule has 2 aliphatic heterocycles. The predicted molar refractivity (Wildman–Crippen MR) is 91.9 cm³/mol. The van der Waals surface area contributed by atoms with Crippen molar-refractivity contribution in [2.24, 2.45) is 0 Å². The molecular weight excluding hydrogens is 316 g/mol. The number of rotatable bonds is 2. The minimum atomic E-state index is -0.119. The van der Waals surface area contributed by atoms with E-state index in [1.54, 1.807) is 11.3 Å². The number of halogens is 1. The van der Waals surface area contributed by atoms with Gasteiger partial charge in [-0.1, -0.05) is 11.6 Å². The first-order chi connectivity index (χ1) is 10.5. The van der Waals surface area contributed by atoms with Crippen LogP contribution >= 0.6 is 22.9 Å². The van der Waals surface area contributed by atoms with Crippen molar-refractivity contribution in [3.05, 3.63) is 20.8 Å². The summed E-state index contributed by atoms with van der Waals surface area (Å²) in [6.45, 7) is 3.13. The minimum absolute atomic E-state index is 0.119. The third-order valence-electron chi connectivity index (χ3n) is 5.90. The predicted octanol–water partition coefficient (Wildman–Crippen LogP) is 3.40. The first-order valence-corrected chi connectivity index (χ1v) is 9.51. The van der Waals surface area contributed by atoms with E-state index in [9.17, 15) is 0 Å². The lowest BCUT2D eigenvalue weighted by atomic mass is 9.77. The monoisotopic (exact) mass is 340 g/mol. The van der Waals surface area contributed by atoms with E-state index in [4.69, 9.17) is 16.3 Å². The van der Waals surface area contributed by atoms with Crippen LogP contribution in [0.4, 0.5) is 0 Å². The minimum Gasteiger partial charge on any atom is -0.369 e. The largest absolute Gasteiger partial charge is 0.369 e. The number of ether oxygens (including phenoxy) is 1.